The number of carbonyl (C=O) groups is 2. The van der Waals surface area contributed by atoms with Crippen LogP contribution in [0.25, 0.3) is 0 Å². The van der Waals surface area contributed by atoms with Gasteiger partial charge in [0.05, 0.1) is 10.7 Å². The van der Waals surface area contributed by atoms with Crippen molar-refractivity contribution in [3.05, 3.63) is 16.1 Å². The van der Waals surface area contributed by atoms with Gasteiger partial charge in [-0.05, 0) is 27.7 Å². The molecule has 0 spiro atoms. The molecule has 1 aromatic heterocycles. The molecule has 20 heavy (non-hydrogen) atoms. The van der Waals surface area contributed by atoms with Crippen molar-refractivity contribution in [2.24, 2.45) is 0 Å². The quantitative estimate of drug-likeness (QED) is 0.840. The molecule has 0 aliphatic rings. The number of aliphatic carboxylic acids is 1. The van der Waals surface area contributed by atoms with Gasteiger partial charge in [-0.2, -0.15) is 0 Å². The van der Waals surface area contributed by atoms with Crippen LogP contribution in [0.5, 0.6) is 0 Å². The third-order valence-corrected chi connectivity index (χ3v) is 3.91. The maximum absolute atomic E-state index is 12.1. The number of likely N-dealkylation sites (N-methyl/N-ethyl adjacent to an activating group) is 1. The van der Waals surface area contributed by atoms with Gasteiger partial charge in [0.15, 0.2) is 0 Å². The first-order valence-electron chi connectivity index (χ1n) is 6.49. The van der Waals surface area contributed by atoms with E-state index in [1.807, 2.05) is 12.3 Å². The fourth-order valence-corrected chi connectivity index (χ4v) is 2.47. The highest BCUT2D eigenvalue weighted by atomic mass is 32.1. The molecule has 6 nitrogen and oxygen atoms in total. The minimum atomic E-state index is -1.23. The van der Waals surface area contributed by atoms with Crippen LogP contribution in [0.15, 0.2) is 5.38 Å². The van der Waals surface area contributed by atoms with E-state index in [0.717, 1.165) is 10.7 Å². The Balaban J connectivity index is 2.54. The Kier molecular flexibility index (Phi) is 5.50. The second kappa shape index (κ2) is 6.69. The van der Waals surface area contributed by atoms with E-state index in [4.69, 9.17) is 5.11 Å². The highest BCUT2D eigenvalue weighted by Crippen LogP contribution is 2.14. The molecule has 0 saturated heterocycles. The molecule has 7 heteroatoms. The summed E-state index contributed by atoms with van der Waals surface area (Å²) in [6.45, 7) is 7.49. The fourth-order valence-electron chi connectivity index (χ4n) is 1.82. The Bertz CT molecular complexity index is 485. The Morgan fingerprint density at radius 3 is 2.60 bits per heavy atom. The first kappa shape index (κ1) is 16.4. The van der Waals surface area contributed by atoms with Crippen molar-refractivity contribution in [1.82, 2.24) is 15.2 Å². The minimum absolute atomic E-state index is 0.334. The average molecular weight is 299 g/mol. The predicted octanol–water partition coefficient (Wildman–Crippen LogP) is 1.89. The summed E-state index contributed by atoms with van der Waals surface area (Å²) < 4.78 is 0. The Labute approximate surface area is 122 Å². The van der Waals surface area contributed by atoms with Gasteiger partial charge in [0.25, 0.3) is 0 Å². The van der Waals surface area contributed by atoms with Crippen LogP contribution in [0.2, 0.25) is 0 Å². The van der Waals surface area contributed by atoms with Crippen LogP contribution in [0.3, 0.4) is 0 Å². The number of carboxylic acids is 1. The highest BCUT2D eigenvalue weighted by Gasteiger charge is 2.36. The molecule has 0 atom stereocenters. The van der Waals surface area contributed by atoms with Gasteiger partial charge in [0.1, 0.15) is 5.54 Å². The topological polar surface area (TPSA) is 82.5 Å². The van der Waals surface area contributed by atoms with Gasteiger partial charge >= 0.3 is 12.0 Å². The number of amides is 2. The van der Waals surface area contributed by atoms with E-state index in [1.54, 1.807) is 18.3 Å². The SMILES string of the molecule is CCN(C(=O)NCCc1csc(C)n1)C(C)(C)C(=O)O. The molecule has 1 heterocycles. The molecule has 2 N–H and O–H groups in total. The number of urea groups is 1. The van der Waals surface area contributed by atoms with Crippen LogP contribution < -0.4 is 5.32 Å². The number of nitrogens with one attached hydrogen (secondary N) is 1. The van der Waals surface area contributed by atoms with Crippen molar-refractivity contribution in [2.75, 3.05) is 13.1 Å². The maximum Gasteiger partial charge on any atom is 0.329 e. The molecule has 1 rings (SSSR count). The zero-order valence-electron chi connectivity index (χ0n) is 12.3. The van der Waals surface area contributed by atoms with Gasteiger partial charge in [0.2, 0.25) is 0 Å². The molecule has 0 radical (unpaired) electrons. The lowest BCUT2D eigenvalue weighted by atomic mass is 10.0. The van der Waals surface area contributed by atoms with E-state index in [-0.39, 0.29) is 6.03 Å². The average Bonchev–Trinajstić information content (AvgIpc) is 2.75. The minimum Gasteiger partial charge on any atom is -0.480 e. The smallest absolute Gasteiger partial charge is 0.329 e. The van der Waals surface area contributed by atoms with Crippen molar-refractivity contribution in [3.8, 4) is 0 Å². The van der Waals surface area contributed by atoms with Crippen molar-refractivity contribution >= 4 is 23.3 Å². The van der Waals surface area contributed by atoms with Crippen LogP contribution in [0, 0.1) is 6.92 Å². The molecule has 0 bridgehead atoms. The van der Waals surface area contributed by atoms with E-state index in [1.165, 1.54) is 18.7 Å². The Hall–Kier alpha value is -1.63. The van der Waals surface area contributed by atoms with Gasteiger partial charge in [0, 0.05) is 24.9 Å². The third kappa shape index (κ3) is 3.93. The van der Waals surface area contributed by atoms with Crippen LogP contribution in [-0.4, -0.2) is 45.6 Å². The van der Waals surface area contributed by atoms with Crippen molar-refractivity contribution < 1.29 is 14.7 Å². The molecule has 0 aliphatic carbocycles. The van der Waals surface area contributed by atoms with E-state index in [2.05, 4.69) is 10.3 Å². The van der Waals surface area contributed by atoms with E-state index in [0.29, 0.717) is 19.5 Å². The number of hydrogen-bond acceptors (Lipinski definition) is 4. The number of nitrogens with zero attached hydrogens (tertiary/aromatic N) is 2. The molecule has 0 unspecified atom stereocenters. The summed E-state index contributed by atoms with van der Waals surface area (Å²) in [5.41, 5.74) is -0.288. The summed E-state index contributed by atoms with van der Waals surface area (Å²) in [5, 5.41) is 14.9. The van der Waals surface area contributed by atoms with Crippen LogP contribution in [0.4, 0.5) is 4.79 Å². The number of carboxylic acid groups (broad SMARTS) is 1. The van der Waals surface area contributed by atoms with Crippen LogP contribution >= 0.6 is 11.3 Å². The number of carbonyl (C=O) groups excluding carboxylic acids is 1. The van der Waals surface area contributed by atoms with E-state index in [9.17, 15) is 9.59 Å². The molecule has 2 amide bonds. The van der Waals surface area contributed by atoms with Crippen LogP contribution in [-0.2, 0) is 11.2 Å². The number of hydrogen-bond donors (Lipinski definition) is 2. The molecule has 1 aromatic rings. The summed E-state index contributed by atoms with van der Waals surface area (Å²) >= 11 is 1.57. The summed E-state index contributed by atoms with van der Waals surface area (Å²) in [5.74, 6) is -1.02. The molecule has 0 aliphatic heterocycles. The Morgan fingerprint density at radius 2 is 2.15 bits per heavy atom. The zero-order valence-corrected chi connectivity index (χ0v) is 13.1. The molecular weight excluding hydrogens is 278 g/mol. The monoisotopic (exact) mass is 299 g/mol. The normalized spacial score (nSPS) is 11.2. The molecule has 112 valence electrons. The first-order valence-corrected chi connectivity index (χ1v) is 7.36. The van der Waals surface area contributed by atoms with E-state index < -0.39 is 11.5 Å². The van der Waals surface area contributed by atoms with Gasteiger partial charge < -0.3 is 15.3 Å². The van der Waals surface area contributed by atoms with Crippen molar-refractivity contribution in [2.45, 2.75) is 39.7 Å². The molecule has 0 fully saturated rings. The van der Waals surface area contributed by atoms with Gasteiger partial charge in [-0.25, -0.2) is 14.6 Å². The second-order valence-electron chi connectivity index (χ2n) is 4.95. The summed E-state index contributed by atoms with van der Waals surface area (Å²) in [6.07, 6.45) is 0.640. The maximum atomic E-state index is 12.1. The fraction of sp³-hybridized carbons (Fsp3) is 0.615. The lowest BCUT2D eigenvalue weighted by molar-refractivity contribution is -0.147. The number of thiazole rings is 1. The van der Waals surface area contributed by atoms with Crippen molar-refractivity contribution in [1.29, 1.82) is 0 Å². The summed E-state index contributed by atoms with van der Waals surface area (Å²) in [4.78, 5) is 28.9. The third-order valence-electron chi connectivity index (χ3n) is 3.08. The van der Waals surface area contributed by atoms with Crippen LogP contribution in [0.1, 0.15) is 31.5 Å². The van der Waals surface area contributed by atoms with Gasteiger partial charge in [-0.1, -0.05) is 0 Å². The zero-order chi connectivity index (χ0) is 15.3. The number of aromatic nitrogens is 1. The van der Waals surface area contributed by atoms with Gasteiger partial charge in [-0.3, -0.25) is 0 Å². The lowest BCUT2D eigenvalue weighted by Gasteiger charge is -2.34. The molecular formula is C13H21N3O3S. The lowest BCUT2D eigenvalue weighted by Crippen LogP contribution is -2.56. The standard InChI is InChI=1S/C13H21N3O3S/c1-5-16(13(3,4)11(17)18)12(19)14-7-6-10-8-20-9(2)15-10/h8H,5-7H2,1-4H3,(H,14,19)(H,17,18). The summed E-state index contributed by atoms with van der Waals surface area (Å²) in [6, 6.07) is -0.369. The number of aryl methyl sites for hydroxylation is 1. The largest absolute Gasteiger partial charge is 0.480 e. The number of rotatable bonds is 6. The van der Waals surface area contributed by atoms with Crippen molar-refractivity contribution in [3.63, 3.8) is 0 Å². The highest BCUT2D eigenvalue weighted by molar-refractivity contribution is 7.09. The van der Waals surface area contributed by atoms with E-state index >= 15 is 0 Å². The first-order chi connectivity index (χ1) is 9.28. The summed E-state index contributed by atoms with van der Waals surface area (Å²) in [7, 11) is 0. The molecule has 0 aromatic carbocycles. The molecule has 0 saturated carbocycles. The predicted molar refractivity (Wildman–Crippen MR) is 78.0 cm³/mol. The second-order valence-corrected chi connectivity index (χ2v) is 6.01. The van der Waals surface area contributed by atoms with Gasteiger partial charge in [-0.15, -0.1) is 11.3 Å². The Morgan fingerprint density at radius 1 is 1.50 bits per heavy atom.